The third-order valence-electron chi connectivity index (χ3n) is 4.12. The van der Waals surface area contributed by atoms with Gasteiger partial charge in [-0.3, -0.25) is 4.99 Å². The number of hydrogen-bond acceptors (Lipinski definition) is 4. The van der Waals surface area contributed by atoms with Crippen molar-refractivity contribution in [1.29, 1.82) is 0 Å². The summed E-state index contributed by atoms with van der Waals surface area (Å²) in [5.41, 5.74) is 2.40. The Balaban J connectivity index is 1.90. The number of nitrogens with zero attached hydrogens (tertiary/aromatic N) is 3. The van der Waals surface area contributed by atoms with Crippen molar-refractivity contribution >= 4 is 17.3 Å². The van der Waals surface area contributed by atoms with Crippen molar-refractivity contribution in [3.63, 3.8) is 0 Å². The lowest BCUT2D eigenvalue weighted by atomic mass is 9.93. The maximum Gasteiger partial charge on any atom is 0.193 e. The molecule has 2 aromatic rings. The van der Waals surface area contributed by atoms with Gasteiger partial charge in [0.05, 0.1) is 17.8 Å². The van der Waals surface area contributed by atoms with E-state index in [-0.39, 0.29) is 5.41 Å². The molecule has 0 bridgehead atoms. The van der Waals surface area contributed by atoms with E-state index in [9.17, 15) is 0 Å². The van der Waals surface area contributed by atoms with Crippen LogP contribution in [0.2, 0.25) is 0 Å². The number of ether oxygens (including phenoxy) is 1. The predicted octanol–water partition coefficient (Wildman–Crippen LogP) is 3.70. The summed E-state index contributed by atoms with van der Waals surface area (Å²) >= 11 is 1.73. The minimum absolute atomic E-state index is 0.104. The molecular formula is C20H30N4OS. The Hall–Kier alpha value is -2.08. The van der Waals surface area contributed by atoms with Crippen LogP contribution in [0.3, 0.4) is 0 Å². The summed E-state index contributed by atoms with van der Waals surface area (Å²) < 4.78 is 5.43. The highest BCUT2D eigenvalue weighted by molar-refractivity contribution is 7.09. The van der Waals surface area contributed by atoms with E-state index in [0.29, 0.717) is 0 Å². The third-order valence-corrected chi connectivity index (χ3v) is 5.02. The molecule has 0 atom stereocenters. The molecule has 0 aliphatic carbocycles. The van der Waals surface area contributed by atoms with Crippen LogP contribution >= 0.6 is 11.3 Å². The lowest BCUT2D eigenvalue weighted by Crippen LogP contribution is -2.39. The number of nitrogens with one attached hydrogen (secondary N) is 1. The highest BCUT2D eigenvalue weighted by Crippen LogP contribution is 2.24. The van der Waals surface area contributed by atoms with E-state index in [2.05, 4.69) is 47.4 Å². The minimum Gasteiger partial charge on any atom is -0.496 e. The number of thiazole rings is 1. The number of methoxy groups -OCH3 is 1. The summed E-state index contributed by atoms with van der Waals surface area (Å²) in [6.07, 6.45) is 0.891. The monoisotopic (exact) mass is 374 g/mol. The Labute approximate surface area is 161 Å². The summed E-state index contributed by atoms with van der Waals surface area (Å²) in [5, 5.41) is 6.75. The van der Waals surface area contributed by atoms with Gasteiger partial charge in [0.2, 0.25) is 0 Å². The molecular weight excluding hydrogens is 344 g/mol. The molecule has 0 spiro atoms. The van der Waals surface area contributed by atoms with Gasteiger partial charge in [0.15, 0.2) is 5.96 Å². The number of hydrogen-bond donors (Lipinski definition) is 1. The Morgan fingerprint density at radius 2 is 2.04 bits per heavy atom. The zero-order valence-electron chi connectivity index (χ0n) is 16.7. The first kappa shape index (κ1) is 20.2. The first-order chi connectivity index (χ1) is 12.3. The van der Waals surface area contributed by atoms with Crippen LogP contribution in [-0.2, 0) is 18.4 Å². The van der Waals surface area contributed by atoms with Gasteiger partial charge in [0.25, 0.3) is 0 Å². The Morgan fingerprint density at radius 1 is 1.31 bits per heavy atom. The molecule has 1 N–H and O–H groups in total. The molecule has 2 rings (SSSR count). The van der Waals surface area contributed by atoms with Crippen LogP contribution in [0.25, 0.3) is 0 Å². The van der Waals surface area contributed by atoms with Crippen LogP contribution in [-0.4, -0.2) is 43.6 Å². The van der Waals surface area contributed by atoms with E-state index in [1.165, 1.54) is 0 Å². The molecule has 1 aromatic heterocycles. The molecule has 0 aliphatic heterocycles. The highest BCUT2D eigenvalue weighted by Gasteiger charge is 2.17. The lowest BCUT2D eigenvalue weighted by Gasteiger charge is -2.23. The molecule has 5 nitrogen and oxygen atoms in total. The van der Waals surface area contributed by atoms with E-state index in [1.54, 1.807) is 18.4 Å². The molecule has 0 fully saturated rings. The second kappa shape index (κ2) is 9.03. The van der Waals surface area contributed by atoms with Crippen molar-refractivity contribution in [3.8, 4) is 5.75 Å². The zero-order valence-corrected chi connectivity index (χ0v) is 17.5. The summed E-state index contributed by atoms with van der Waals surface area (Å²) in [5.74, 6) is 1.76. The van der Waals surface area contributed by atoms with Gasteiger partial charge in [0, 0.05) is 50.0 Å². The van der Waals surface area contributed by atoms with Crippen LogP contribution < -0.4 is 10.1 Å². The van der Waals surface area contributed by atoms with E-state index >= 15 is 0 Å². The number of benzene rings is 1. The predicted molar refractivity (Wildman–Crippen MR) is 110 cm³/mol. The Kier molecular flexibility index (Phi) is 7.03. The average molecular weight is 375 g/mol. The Bertz CT molecular complexity index is 733. The van der Waals surface area contributed by atoms with Gasteiger partial charge in [-0.2, -0.15) is 0 Å². The highest BCUT2D eigenvalue weighted by atomic mass is 32.1. The zero-order chi connectivity index (χ0) is 19.2. The quantitative estimate of drug-likeness (QED) is 0.619. The first-order valence-electron chi connectivity index (χ1n) is 8.83. The number of aliphatic imine (C=N–C) groups is 1. The molecule has 0 unspecified atom stereocenters. The average Bonchev–Trinajstić information content (AvgIpc) is 3.08. The van der Waals surface area contributed by atoms with E-state index < -0.39 is 0 Å². The molecule has 26 heavy (non-hydrogen) atoms. The SMILES string of the molecule is CN=C(NCCc1nc(C(C)(C)C)cs1)N(C)Cc1ccccc1OC. The van der Waals surface area contributed by atoms with Crippen molar-refractivity contribution in [3.05, 3.63) is 45.9 Å². The topological polar surface area (TPSA) is 49.8 Å². The molecule has 0 radical (unpaired) electrons. The fourth-order valence-corrected chi connectivity index (χ4v) is 3.63. The van der Waals surface area contributed by atoms with Gasteiger partial charge >= 0.3 is 0 Å². The van der Waals surface area contributed by atoms with Gasteiger partial charge in [0.1, 0.15) is 5.75 Å². The van der Waals surface area contributed by atoms with E-state index in [4.69, 9.17) is 9.72 Å². The summed E-state index contributed by atoms with van der Waals surface area (Å²) in [4.78, 5) is 11.2. The summed E-state index contributed by atoms with van der Waals surface area (Å²) in [7, 11) is 5.54. The maximum absolute atomic E-state index is 5.43. The molecule has 0 saturated carbocycles. The third kappa shape index (κ3) is 5.46. The lowest BCUT2D eigenvalue weighted by molar-refractivity contribution is 0.396. The van der Waals surface area contributed by atoms with Gasteiger partial charge in [-0.15, -0.1) is 11.3 Å². The van der Waals surface area contributed by atoms with Gasteiger partial charge in [-0.1, -0.05) is 39.0 Å². The van der Waals surface area contributed by atoms with Crippen molar-refractivity contribution in [1.82, 2.24) is 15.2 Å². The molecule has 142 valence electrons. The second-order valence-electron chi connectivity index (χ2n) is 7.27. The van der Waals surface area contributed by atoms with Crippen LogP contribution in [0, 0.1) is 0 Å². The smallest absolute Gasteiger partial charge is 0.193 e. The van der Waals surface area contributed by atoms with Crippen molar-refractivity contribution in [2.75, 3.05) is 27.7 Å². The Morgan fingerprint density at radius 3 is 2.65 bits per heavy atom. The molecule has 0 amide bonds. The maximum atomic E-state index is 5.43. The van der Waals surface area contributed by atoms with Crippen LogP contribution in [0.4, 0.5) is 0 Å². The first-order valence-corrected chi connectivity index (χ1v) is 9.71. The number of aromatic nitrogens is 1. The summed E-state index contributed by atoms with van der Waals surface area (Å²) in [6.45, 7) is 8.12. The molecule has 0 saturated heterocycles. The van der Waals surface area contributed by atoms with Crippen LogP contribution in [0.5, 0.6) is 5.75 Å². The van der Waals surface area contributed by atoms with Gasteiger partial charge in [-0.05, 0) is 6.07 Å². The number of guanidine groups is 1. The van der Waals surface area contributed by atoms with E-state index in [1.807, 2.05) is 32.3 Å². The fourth-order valence-electron chi connectivity index (χ4n) is 2.60. The molecule has 1 aromatic carbocycles. The van der Waals surface area contributed by atoms with Gasteiger partial charge < -0.3 is 15.0 Å². The molecule has 6 heteroatoms. The second-order valence-corrected chi connectivity index (χ2v) is 8.21. The minimum atomic E-state index is 0.104. The van der Waals surface area contributed by atoms with Gasteiger partial charge in [-0.25, -0.2) is 4.98 Å². The fraction of sp³-hybridized carbons (Fsp3) is 0.500. The molecule has 0 aliphatic rings. The normalized spacial score (nSPS) is 12.2. The van der Waals surface area contributed by atoms with Crippen LogP contribution in [0.1, 0.15) is 37.0 Å². The largest absolute Gasteiger partial charge is 0.496 e. The van der Waals surface area contributed by atoms with Crippen molar-refractivity contribution in [2.45, 2.75) is 39.2 Å². The molecule has 1 heterocycles. The summed E-state index contributed by atoms with van der Waals surface area (Å²) in [6, 6.07) is 8.06. The number of rotatable bonds is 6. The standard InChI is InChI=1S/C20H30N4OS/c1-20(2,3)17-14-26-18(23-17)11-12-22-19(21-4)24(5)13-15-9-7-8-10-16(15)25-6/h7-10,14H,11-13H2,1-6H3,(H,21,22). The number of para-hydroxylation sites is 1. The van der Waals surface area contributed by atoms with Crippen LogP contribution in [0.15, 0.2) is 34.6 Å². The van der Waals surface area contributed by atoms with Crippen molar-refractivity contribution in [2.24, 2.45) is 4.99 Å². The van der Waals surface area contributed by atoms with Crippen molar-refractivity contribution < 1.29 is 4.74 Å². The van der Waals surface area contributed by atoms with E-state index in [0.717, 1.165) is 47.5 Å².